The van der Waals surface area contributed by atoms with E-state index in [2.05, 4.69) is 19.9 Å². The van der Waals surface area contributed by atoms with Crippen molar-refractivity contribution in [1.29, 1.82) is 0 Å². The normalized spacial score (nSPS) is 11.0. The van der Waals surface area contributed by atoms with Gasteiger partial charge in [0.15, 0.2) is 0 Å². The lowest BCUT2D eigenvalue weighted by molar-refractivity contribution is -0.0444. The molecule has 1 aromatic rings. The number of rotatable bonds is 9. The van der Waals surface area contributed by atoms with Gasteiger partial charge < -0.3 is 13.9 Å². The summed E-state index contributed by atoms with van der Waals surface area (Å²) in [7, 11) is 1.62. The molecule has 0 aliphatic carbocycles. The van der Waals surface area contributed by atoms with Gasteiger partial charge in [-0.15, -0.1) is 0 Å². The van der Waals surface area contributed by atoms with Crippen LogP contribution in [0.3, 0.4) is 0 Å². The summed E-state index contributed by atoms with van der Waals surface area (Å²) in [5, 5.41) is 0. The van der Waals surface area contributed by atoms with E-state index in [-0.39, 0.29) is 0 Å². The largest absolute Gasteiger partial charge is 0.463 e. The summed E-state index contributed by atoms with van der Waals surface area (Å²) in [5.74, 6) is 2.00. The summed E-state index contributed by atoms with van der Waals surface area (Å²) in [6, 6.07) is 2.12. The molecule has 0 fully saturated rings. The van der Waals surface area contributed by atoms with Crippen molar-refractivity contribution >= 4 is 0 Å². The number of aryl methyl sites for hydroxylation is 2. The molecule has 0 aromatic carbocycles. The number of ether oxygens (including phenoxy) is 2. The van der Waals surface area contributed by atoms with Crippen LogP contribution in [0.1, 0.15) is 49.7 Å². The third kappa shape index (κ3) is 5.37. The Morgan fingerprint density at radius 3 is 2.76 bits per heavy atom. The summed E-state index contributed by atoms with van der Waals surface area (Å²) in [5.41, 5.74) is 1.17. The van der Waals surface area contributed by atoms with E-state index >= 15 is 0 Å². The minimum atomic E-state index is 0.311. The Hall–Kier alpha value is -0.800. The maximum Gasteiger partial charge on any atom is 0.146 e. The van der Waals surface area contributed by atoms with Crippen molar-refractivity contribution in [2.75, 3.05) is 13.9 Å². The number of hydrogen-bond donors (Lipinski definition) is 0. The molecule has 1 rings (SSSR count). The molecule has 0 atom stereocenters. The van der Waals surface area contributed by atoms with Crippen molar-refractivity contribution in [3.63, 3.8) is 0 Å². The molecule has 0 amide bonds. The second-order valence-electron chi connectivity index (χ2n) is 4.38. The average molecular weight is 240 g/mol. The summed E-state index contributed by atoms with van der Waals surface area (Å²) >= 11 is 0. The van der Waals surface area contributed by atoms with Crippen LogP contribution in [0.5, 0.6) is 0 Å². The fraction of sp³-hybridized carbons (Fsp3) is 0.714. The van der Waals surface area contributed by atoms with Crippen LogP contribution in [0.4, 0.5) is 0 Å². The van der Waals surface area contributed by atoms with Gasteiger partial charge in [0.2, 0.25) is 0 Å². The van der Waals surface area contributed by atoms with Crippen LogP contribution in [-0.2, 0) is 22.5 Å². The molecule has 3 nitrogen and oxygen atoms in total. The summed E-state index contributed by atoms with van der Waals surface area (Å²) in [6.45, 7) is 5.09. The highest BCUT2D eigenvalue weighted by molar-refractivity contribution is 5.19. The van der Waals surface area contributed by atoms with E-state index in [4.69, 9.17) is 13.9 Å². The molecule has 0 bridgehead atoms. The van der Waals surface area contributed by atoms with Gasteiger partial charge in [-0.05, 0) is 25.0 Å². The van der Waals surface area contributed by atoms with Gasteiger partial charge in [0.1, 0.15) is 24.9 Å². The molecule has 0 radical (unpaired) electrons. The highest BCUT2D eigenvalue weighted by Gasteiger charge is 2.07. The molecule has 1 aromatic heterocycles. The molecule has 0 saturated heterocycles. The molecule has 0 N–H and O–H groups in total. The summed E-state index contributed by atoms with van der Waals surface area (Å²) < 4.78 is 15.9. The standard InChI is InChI=1S/C14H24O3/c1-4-5-6-7-8-13-9-12(2)14(17-13)10-16-11-15-3/h9H,4-8,10-11H2,1-3H3. The first kappa shape index (κ1) is 14.3. The van der Waals surface area contributed by atoms with Crippen molar-refractivity contribution in [3.8, 4) is 0 Å². The van der Waals surface area contributed by atoms with E-state index in [0.717, 1.165) is 17.9 Å². The number of methoxy groups -OCH3 is 1. The molecule has 1 heterocycles. The van der Waals surface area contributed by atoms with E-state index in [1.807, 2.05) is 0 Å². The minimum absolute atomic E-state index is 0.311. The second-order valence-corrected chi connectivity index (χ2v) is 4.38. The van der Waals surface area contributed by atoms with Crippen molar-refractivity contribution in [1.82, 2.24) is 0 Å². The third-order valence-electron chi connectivity index (χ3n) is 2.78. The number of furan rings is 1. The van der Waals surface area contributed by atoms with Gasteiger partial charge in [-0.3, -0.25) is 0 Å². The molecule has 98 valence electrons. The van der Waals surface area contributed by atoms with Crippen molar-refractivity contribution in [2.24, 2.45) is 0 Å². The number of hydrogen-bond acceptors (Lipinski definition) is 3. The van der Waals surface area contributed by atoms with Crippen LogP contribution in [0.2, 0.25) is 0 Å². The Morgan fingerprint density at radius 2 is 2.06 bits per heavy atom. The topological polar surface area (TPSA) is 31.6 Å². The van der Waals surface area contributed by atoms with E-state index in [1.165, 1.54) is 31.2 Å². The first-order valence-corrected chi connectivity index (χ1v) is 6.42. The lowest BCUT2D eigenvalue weighted by Gasteiger charge is -2.01. The molecule has 17 heavy (non-hydrogen) atoms. The molecule has 0 spiro atoms. The minimum Gasteiger partial charge on any atom is -0.463 e. The monoisotopic (exact) mass is 240 g/mol. The van der Waals surface area contributed by atoms with Crippen LogP contribution >= 0.6 is 0 Å². The highest BCUT2D eigenvalue weighted by Crippen LogP contribution is 2.18. The van der Waals surface area contributed by atoms with Gasteiger partial charge in [-0.25, -0.2) is 0 Å². The van der Waals surface area contributed by atoms with Gasteiger partial charge in [-0.2, -0.15) is 0 Å². The predicted octanol–water partition coefficient (Wildman–Crippen LogP) is 3.83. The maximum atomic E-state index is 5.76. The van der Waals surface area contributed by atoms with Crippen molar-refractivity contribution in [2.45, 2.75) is 52.6 Å². The Kier molecular flexibility index (Phi) is 6.97. The lowest BCUT2D eigenvalue weighted by Crippen LogP contribution is -1.96. The molecule has 0 aliphatic heterocycles. The van der Waals surface area contributed by atoms with Crippen molar-refractivity contribution < 1.29 is 13.9 Å². The highest BCUT2D eigenvalue weighted by atomic mass is 16.7. The van der Waals surface area contributed by atoms with Gasteiger partial charge in [0, 0.05) is 13.5 Å². The molecule has 0 saturated carbocycles. The Morgan fingerprint density at radius 1 is 1.24 bits per heavy atom. The summed E-state index contributed by atoms with van der Waals surface area (Å²) in [4.78, 5) is 0. The third-order valence-corrected chi connectivity index (χ3v) is 2.78. The maximum absolute atomic E-state index is 5.76. The summed E-state index contributed by atoms with van der Waals surface area (Å²) in [6.07, 6.45) is 6.10. The van der Waals surface area contributed by atoms with Crippen molar-refractivity contribution in [3.05, 3.63) is 23.2 Å². The number of unbranched alkanes of at least 4 members (excludes halogenated alkanes) is 3. The van der Waals surface area contributed by atoms with Crippen LogP contribution < -0.4 is 0 Å². The first-order chi connectivity index (χ1) is 8.27. The zero-order valence-electron chi connectivity index (χ0n) is 11.3. The zero-order valence-corrected chi connectivity index (χ0v) is 11.3. The zero-order chi connectivity index (χ0) is 12.5. The molecule has 3 heteroatoms. The fourth-order valence-electron chi connectivity index (χ4n) is 1.80. The van der Waals surface area contributed by atoms with Crippen LogP contribution in [0.25, 0.3) is 0 Å². The van der Waals surface area contributed by atoms with Crippen LogP contribution in [-0.4, -0.2) is 13.9 Å². The molecular formula is C14H24O3. The van der Waals surface area contributed by atoms with Gasteiger partial charge >= 0.3 is 0 Å². The Labute approximate surface area is 104 Å². The fourth-order valence-corrected chi connectivity index (χ4v) is 1.80. The average Bonchev–Trinajstić information content (AvgIpc) is 2.66. The molecule has 0 unspecified atom stereocenters. The molecular weight excluding hydrogens is 216 g/mol. The SMILES string of the molecule is CCCCCCc1cc(C)c(COCOC)o1. The van der Waals surface area contributed by atoms with E-state index in [1.54, 1.807) is 7.11 Å². The van der Waals surface area contributed by atoms with E-state index in [9.17, 15) is 0 Å². The molecule has 0 aliphatic rings. The van der Waals surface area contributed by atoms with E-state index < -0.39 is 0 Å². The smallest absolute Gasteiger partial charge is 0.146 e. The second kappa shape index (κ2) is 8.31. The quantitative estimate of drug-likeness (QED) is 0.485. The van der Waals surface area contributed by atoms with Gasteiger partial charge in [0.25, 0.3) is 0 Å². The Balaban J connectivity index is 2.33. The van der Waals surface area contributed by atoms with Gasteiger partial charge in [0.05, 0.1) is 0 Å². The van der Waals surface area contributed by atoms with Crippen LogP contribution in [0, 0.1) is 6.92 Å². The predicted molar refractivity (Wildman–Crippen MR) is 68.0 cm³/mol. The lowest BCUT2D eigenvalue weighted by atomic mass is 10.1. The van der Waals surface area contributed by atoms with Gasteiger partial charge in [-0.1, -0.05) is 26.2 Å². The Bertz CT molecular complexity index is 304. The van der Waals surface area contributed by atoms with E-state index in [0.29, 0.717) is 13.4 Å². The first-order valence-electron chi connectivity index (χ1n) is 6.42. The van der Waals surface area contributed by atoms with Crippen LogP contribution in [0.15, 0.2) is 10.5 Å².